The standard InChI is InChI=1S/C11H11ClN2S/c1-7(13)10-6-14-11(15-10)8-3-2-4-9(12)5-8/h2-7H,13H2,1H3. The first-order valence-corrected chi connectivity index (χ1v) is 5.83. The molecule has 1 aromatic heterocycles. The van der Waals surface area contributed by atoms with E-state index in [9.17, 15) is 0 Å². The minimum absolute atomic E-state index is 0.0374. The van der Waals surface area contributed by atoms with Gasteiger partial charge in [-0.15, -0.1) is 11.3 Å². The molecule has 1 aromatic carbocycles. The lowest BCUT2D eigenvalue weighted by molar-refractivity contribution is 0.835. The van der Waals surface area contributed by atoms with Crippen molar-refractivity contribution < 1.29 is 0 Å². The van der Waals surface area contributed by atoms with Crippen molar-refractivity contribution in [2.45, 2.75) is 13.0 Å². The molecule has 1 unspecified atom stereocenters. The van der Waals surface area contributed by atoms with Crippen molar-refractivity contribution >= 4 is 22.9 Å². The lowest BCUT2D eigenvalue weighted by Gasteiger charge is -1.98. The number of thiazole rings is 1. The Morgan fingerprint density at radius 3 is 2.87 bits per heavy atom. The minimum atomic E-state index is 0.0374. The summed E-state index contributed by atoms with van der Waals surface area (Å²) in [4.78, 5) is 5.42. The average Bonchev–Trinajstić information content (AvgIpc) is 2.66. The molecule has 0 amide bonds. The van der Waals surface area contributed by atoms with Gasteiger partial charge >= 0.3 is 0 Å². The average molecular weight is 239 g/mol. The Bertz CT molecular complexity index is 465. The van der Waals surface area contributed by atoms with Crippen LogP contribution in [0.15, 0.2) is 30.5 Å². The highest BCUT2D eigenvalue weighted by Crippen LogP contribution is 2.29. The number of hydrogen-bond acceptors (Lipinski definition) is 3. The number of benzene rings is 1. The van der Waals surface area contributed by atoms with Gasteiger partial charge in [0, 0.05) is 27.7 Å². The summed E-state index contributed by atoms with van der Waals surface area (Å²) in [5, 5.41) is 1.69. The van der Waals surface area contributed by atoms with Gasteiger partial charge in [-0.1, -0.05) is 23.7 Å². The van der Waals surface area contributed by atoms with Gasteiger partial charge in [0.25, 0.3) is 0 Å². The molecular formula is C11H11ClN2S. The molecule has 0 saturated heterocycles. The summed E-state index contributed by atoms with van der Waals surface area (Å²) in [6.07, 6.45) is 1.82. The van der Waals surface area contributed by atoms with E-state index < -0.39 is 0 Å². The summed E-state index contributed by atoms with van der Waals surface area (Å²) in [7, 11) is 0. The molecule has 4 heteroatoms. The topological polar surface area (TPSA) is 38.9 Å². The van der Waals surface area contributed by atoms with E-state index in [4.69, 9.17) is 17.3 Å². The van der Waals surface area contributed by atoms with Crippen LogP contribution in [0.1, 0.15) is 17.8 Å². The molecule has 0 aliphatic carbocycles. The Balaban J connectivity index is 2.37. The molecule has 0 fully saturated rings. The molecular weight excluding hydrogens is 228 g/mol. The van der Waals surface area contributed by atoms with E-state index in [0.717, 1.165) is 20.5 Å². The van der Waals surface area contributed by atoms with E-state index in [0.29, 0.717) is 0 Å². The molecule has 2 nitrogen and oxygen atoms in total. The van der Waals surface area contributed by atoms with E-state index in [1.54, 1.807) is 11.3 Å². The molecule has 0 bridgehead atoms. The highest BCUT2D eigenvalue weighted by molar-refractivity contribution is 7.15. The fourth-order valence-electron chi connectivity index (χ4n) is 1.25. The van der Waals surface area contributed by atoms with Crippen molar-refractivity contribution in [3.63, 3.8) is 0 Å². The zero-order valence-corrected chi connectivity index (χ0v) is 9.85. The molecule has 78 valence electrons. The van der Waals surface area contributed by atoms with Crippen molar-refractivity contribution in [2.24, 2.45) is 5.73 Å². The third kappa shape index (κ3) is 2.37. The number of hydrogen-bond donors (Lipinski definition) is 1. The molecule has 0 spiro atoms. The molecule has 0 aliphatic heterocycles. The zero-order valence-electron chi connectivity index (χ0n) is 8.27. The second-order valence-electron chi connectivity index (χ2n) is 3.37. The van der Waals surface area contributed by atoms with Gasteiger partial charge < -0.3 is 5.73 Å². The molecule has 0 aliphatic rings. The van der Waals surface area contributed by atoms with Gasteiger partial charge in [0.1, 0.15) is 5.01 Å². The van der Waals surface area contributed by atoms with Crippen molar-refractivity contribution in [3.8, 4) is 10.6 Å². The van der Waals surface area contributed by atoms with Crippen LogP contribution in [0, 0.1) is 0 Å². The summed E-state index contributed by atoms with van der Waals surface area (Å²) < 4.78 is 0. The van der Waals surface area contributed by atoms with Crippen molar-refractivity contribution in [1.82, 2.24) is 4.98 Å². The van der Waals surface area contributed by atoms with Gasteiger partial charge in [-0.3, -0.25) is 0 Å². The van der Waals surface area contributed by atoms with E-state index in [1.807, 2.05) is 37.4 Å². The monoisotopic (exact) mass is 238 g/mol. The normalized spacial score (nSPS) is 12.7. The molecule has 2 aromatic rings. The Morgan fingerprint density at radius 1 is 1.47 bits per heavy atom. The van der Waals surface area contributed by atoms with E-state index in [-0.39, 0.29) is 6.04 Å². The second-order valence-corrected chi connectivity index (χ2v) is 4.87. The molecule has 1 atom stereocenters. The fraction of sp³-hybridized carbons (Fsp3) is 0.182. The lowest BCUT2D eigenvalue weighted by Crippen LogP contribution is -2.01. The quantitative estimate of drug-likeness (QED) is 0.870. The molecule has 2 rings (SSSR count). The first-order valence-electron chi connectivity index (χ1n) is 4.64. The van der Waals surface area contributed by atoms with Crippen LogP contribution in [0.25, 0.3) is 10.6 Å². The van der Waals surface area contributed by atoms with Gasteiger partial charge in [-0.2, -0.15) is 0 Å². The highest BCUT2D eigenvalue weighted by Gasteiger charge is 2.07. The molecule has 0 radical (unpaired) electrons. The Labute approximate surface area is 97.7 Å². The first kappa shape index (κ1) is 10.6. The predicted octanol–water partition coefficient (Wildman–Crippen LogP) is 3.48. The number of halogens is 1. The van der Waals surface area contributed by atoms with E-state index in [1.165, 1.54) is 0 Å². The van der Waals surface area contributed by atoms with E-state index >= 15 is 0 Å². The lowest BCUT2D eigenvalue weighted by atomic mass is 10.2. The molecule has 15 heavy (non-hydrogen) atoms. The second kappa shape index (κ2) is 4.31. The number of aromatic nitrogens is 1. The van der Waals surface area contributed by atoms with E-state index in [2.05, 4.69) is 4.98 Å². The van der Waals surface area contributed by atoms with Gasteiger partial charge in [-0.05, 0) is 19.1 Å². The molecule has 0 saturated carbocycles. The van der Waals surface area contributed by atoms with Crippen LogP contribution in [-0.4, -0.2) is 4.98 Å². The van der Waals surface area contributed by atoms with Crippen LogP contribution in [0.4, 0.5) is 0 Å². The maximum Gasteiger partial charge on any atom is 0.123 e. The van der Waals surface area contributed by atoms with Crippen molar-refractivity contribution in [2.75, 3.05) is 0 Å². The van der Waals surface area contributed by atoms with Gasteiger partial charge in [0.15, 0.2) is 0 Å². The Morgan fingerprint density at radius 2 is 2.27 bits per heavy atom. The van der Waals surface area contributed by atoms with Crippen LogP contribution in [0.3, 0.4) is 0 Å². The third-order valence-corrected chi connectivity index (χ3v) is 3.53. The first-order chi connectivity index (χ1) is 7.16. The maximum atomic E-state index is 5.92. The molecule has 2 N–H and O–H groups in total. The third-order valence-electron chi connectivity index (χ3n) is 2.04. The summed E-state index contributed by atoms with van der Waals surface area (Å²) in [6, 6.07) is 7.71. The summed E-state index contributed by atoms with van der Waals surface area (Å²) in [5.74, 6) is 0. The SMILES string of the molecule is CC(N)c1cnc(-c2cccc(Cl)c2)s1. The van der Waals surface area contributed by atoms with Crippen molar-refractivity contribution in [3.05, 3.63) is 40.4 Å². The Kier molecular flexibility index (Phi) is 3.05. The number of rotatable bonds is 2. The fourth-order valence-corrected chi connectivity index (χ4v) is 2.31. The number of nitrogens with zero attached hydrogens (tertiary/aromatic N) is 1. The van der Waals surface area contributed by atoms with Gasteiger partial charge in [0.05, 0.1) is 0 Å². The summed E-state index contributed by atoms with van der Waals surface area (Å²) in [5.41, 5.74) is 6.82. The minimum Gasteiger partial charge on any atom is -0.323 e. The maximum absolute atomic E-state index is 5.92. The Hall–Kier alpha value is -0.900. The largest absolute Gasteiger partial charge is 0.323 e. The smallest absolute Gasteiger partial charge is 0.123 e. The van der Waals surface area contributed by atoms with Crippen LogP contribution in [-0.2, 0) is 0 Å². The van der Waals surface area contributed by atoms with Crippen molar-refractivity contribution in [1.29, 1.82) is 0 Å². The van der Waals surface area contributed by atoms with Crippen LogP contribution in [0.2, 0.25) is 5.02 Å². The zero-order chi connectivity index (χ0) is 10.8. The summed E-state index contributed by atoms with van der Waals surface area (Å²) >= 11 is 7.52. The van der Waals surface area contributed by atoms with Crippen LogP contribution >= 0.6 is 22.9 Å². The van der Waals surface area contributed by atoms with Gasteiger partial charge in [0.2, 0.25) is 0 Å². The number of nitrogens with two attached hydrogens (primary N) is 1. The predicted molar refractivity (Wildman–Crippen MR) is 65.2 cm³/mol. The highest BCUT2D eigenvalue weighted by atomic mass is 35.5. The van der Waals surface area contributed by atoms with Gasteiger partial charge in [-0.25, -0.2) is 4.98 Å². The van der Waals surface area contributed by atoms with Crippen LogP contribution < -0.4 is 5.73 Å². The molecule has 1 heterocycles. The van der Waals surface area contributed by atoms with Crippen LogP contribution in [0.5, 0.6) is 0 Å². The summed E-state index contributed by atoms with van der Waals surface area (Å²) in [6.45, 7) is 1.95.